The Morgan fingerprint density at radius 2 is 2.05 bits per heavy atom. The third-order valence-electron chi connectivity index (χ3n) is 2.88. The number of sulfonamides is 1. The molecule has 22 heavy (non-hydrogen) atoms. The minimum atomic E-state index is -3.81. The van der Waals surface area contributed by atoms with Crippen LogP contribution in [-0.2, 0) is 25.3 Å². The molecule has 0 amide bonds. The Morgan fingerprint density at radius 1 is 1.36 bits per heavy atom. The monoisotopic (exact) mass is 324 g/mol. The van der Waals surface area contributed by atoms with E-state index in [0.717, 1.165) is 0 Å². The second-order valence-electron chi connectivity index (χ2n) is 4.68. The first-order valence-corrected chi connectivity index (χ1v) is 8.11. The fourth-order valence-electron chi connectivity index (χ4n) is 1.91. The number of carbonyl (C=O) groups excluding carboxylic acids is 1. The standard InChI is InChI=1S/C14H16N2O5S/c1-10-8-12(21-15-10)9-22(18,19)16-13(14(17)20-2)11-6-4-3-5-7-11/h3-8,13,16H,9H2,1-2H3. The van der Waals surface area contributed by atoms with Crippen LogP contribution in [0.1, 0.15) is 23.1 Å². The van der Waals surface area contributed by atoms with Crippen LogP contribution in [0.5, 0.6) is 0 Å². The molecule has 2 aromatic rings. The van der Waals surface area contributed by atoms with Crippen molar-refractivity contribution in [3.63, 3.8) is 0 Å². The van der Waals surface area contributed by atoms with Crippen molar-refractivity contribution in [3.8, 4) is 0 Å². The summed E-state index contributed by atoms with van der Waals surface area (Å²) >= 11 is 0. The number of ether oxygens (including phenoxy) is 1. The Labute approximate surface area is 128 Å². The molecule has 0 fully saturated rings. The van der Waals surface area contributed by atoms with Crippen molar-refractivity contribution >= 4 is 16.0 Å². The second kappa shape index (κ2) is 6.71. The molecule has 0 bridgehead atoms. The molecular formula is C14H16N2O5S. The first-order chi connectivity index (χ1) is 10.4. The van der Waals surface area contributed by atoms with E-state index >= 15 is 0 Å². The Hall–Kier alpha value is -2.19. The highest BCUT2D eigenvalue weighted by Gasteiger charge is 2.27. The smallest absolute Gasteiger partial charge is 0.328 e. The highest BCUT2D eigenvalue weighted by molar-refractivity contribution is 7.88. The minimum Gasteiger partial charge on any atom is -0.468 e. The maximum atomic E-state index is 12.2. The number of methoxy groups -OCH3 is 1. The molecule has 1 aromatic carbocycles. The summed E-state index contributed by atoms with van der Waals surface area (Å²) in [6.45, 7) is 1.69. The predicted molar refractivity (Wildman–Crippen MR) is 78.2 cm³/mol. The van der Waals surface area contributed by atoms with Crippen LogP contribution in [0.15, 0.2) is 40.9 Å². The lowest BCUT2D eigenvalue weighted by Gasteiger charge is -2.16. The van der Waals surface area contributed by atoms with Crippen LogP contribution in [0, 0.1) is 6.92 Å². The average molecular weight is 324 g/mol. The summed E-state index contributed by atoms with van der Waals surface area (Å²) < 4.78 is 36.3. The number of hydrogen-bond donors (Lipinski definition) is 1. The number of aromatic nitrogens is 1. The van der Waals surface area contributed by atoms with Crippen LogP contribution < -0.4 is 4.72 Å². The number of nitrogens with zero attached hydrogens (tertiary/aromatic N) is 1. The van der Waals surface area contributed by atoms with Gasteiger partial charge in [-0.2, -0.15) is 4.72 Å². The van der Waals surface area contributed by atoms with E-state index in [4.69, 9.17) is 4.52 Å². The van der Waals surface area contributed by atoms with Crippen molar-refractivity contribution in [1.29, 1.82) is 0 Å². The van der Waals surface area contributed by atoms with Gasteiger partial charge >= 0.3 is 5.97 Å². The maximum Gasteiger partial charge on any atom is 0.328 e. The molecule has 1 unspecified atom stereocenters. The average Bonchev–Trinajstić information content (AvgIpc) is 2.89. The summed E-state index contributed by atoms with van der Waals surface area (Å²) in [5, 5.41) is 3.63. The molecule has 1 N–H and O–H groups in total. The normalized spacial score (nSPS) is 12.8. The molecule has 8 heteroatoms. The number of carbonyl (C=O) groups is 1. The molecule has 0 aliphatic heterocycles. The van der Waals surface area contributed by atoms with Crippen LogP contribution in [0.2, 0.25) is 0 Å². The molecule has 2 rings (SSSR count). The Kier molecular flexibility index (Phi) is 4.94. The van der Waals surface area contributed by atoms with Crippen LogP contribution in [0.4, 0.5) is 0 Å². The van der Waals surface area contributed by atoms with Crippen LogP contribution in [0.25, 0.3) is 0 Å². The minimum absolute atomic E-state index is 0.196. The summed E-state index contributed by atoms with van der Waals surface area (Å²) in [6.07, 6.45) is 0. The number of esters is 1. The summed E-state index contributed by atoms with van der Waals surface area (Å²) in [4.78, 5) is 11.9. The van der Waals surface area contributed by atoms with Crippen molar-refractivity contribution in [2.45, 2.75) is 18.7 Å². The van der Waals surface area contributed by atoms with E-state index in [2.05, 4.69) is 14.6 Å². The first kappa shape index (κ1) is 16.2. The summed E-state index contributed by atoms with van der Waals surface area (Å²) in [6, 6.07) is 8.88. The largest absolute Gasteiger partial charge is 0.468 e. The molecule has 1 heterocycles. The number of rotatable bonds is 6. The van der Waals surface area contributed by atoms with Crippen molar-refractivity contribution in [1.82, 2.24) is 9.88 Å². The van der Waals surface area contributed by atoms with Gasteiger partial charge in [0.1, 0.15) is 11.8 Å². The lowest BCUT2D eigenvalue weighted by molar-refractivity contribution is -0.142. The first-order valence-electron chi connectivity index (χ1n) is 6.46. The number of nitrogens with one attached hydrogen (secondary N) is 1. The van der Waals surface area contributed by atoms with E-state index in [1.165, 1.54) is 13.2 Å². The van der Waals surface area contributed by atoms with Gasteiger partial charge in [-0.15, -0.1) is 0 Å². The maximum absolute atomic E-state index is 12.2. The SMILES string of the molecule is COC(=O)C(NS(=O)(=O)Cc1cc(C)no1)c1ccccc1. The summed E-state index contributed by atoms with van der Waals surface area (Å²) in [7, 11) is -2.61. The quantitative estimate of drug-likeness (QED) is 0.805. The van der Waals surface area contributed by atoms with Crippen molar-refractivity contribution in [2.24, 2.45) is 0 Å². The molecule has 0 aliphatic rings. The third-order valence-corrected chi connectivity index (χ3v) is 4.14. The van der Waals surface area contributed by atoms with Gasteiger partial charge in [0.05, 0.1) is 12.8 Å². The van der Waals surface area contributed by atoms with Crippen molar-refractivity contribution in [2.75, 3.05) is 7.11 Å². The molecule has 7 nitrogen and oxygen atoms in total. The molecule has 0 spiro atoms. The molecule has 1 atom stereocenters. The highest BCUT2D eigenvalue weighted by Crippen LogP contribution is 2.17. The van der Waals surface area contributed by atoms with Crippen LogP contribution in [0.3, 0.4) is 0 Å². The fourth-order valence-corrected chi connectivity index (χ4v) is 3.09. The topological polar surface area (TPSA) is 98.5 Å². The molecule has 118 valence electrons. The van der Waals surface area contributed by atoms with E-state index < -0.39 is 27.8 Å². The zero-order valence-electron chi connectivity index (χ0n) is 12.1. The summed E-state index contributed by atoms with van der Waals surface area (Å²) in [5.74, 6) is -0.904. The van der Waals surface area contributed by atoms with Gasteiger partial charge < -0.3 is 9.26 Å². The zero-order chi connectivity index (χ0) is 16.2. The Morgan fingerprint density at radius 3 is 2.59 bits per heavy atom. The molecule has 0 saturated carbocycles. The zero-order valence-corrected chi connectivity index (χ0v) is 13.0. The van der Waals surface area contributed by atoms with E-state index in [1.807, 2.05) is 0 Å². The molecular weight excluding hydrogens is 308 g/mol. The number of hydrogen-bond acceptors (Lipinski definition) is 6. The van der Waals surface area contributed by atoms with E-state index in [-0.39, 0.29) is 5.76 Å². The van der Waals surface area contributed by atoms with Gasteiger partial charge in [0.15, 0.2) is 5.76 Å². The molecule has 0 radical (unpaired) electrons. The summed E-state index contributed by atoms with van der Waals surface area (Å²) in [5.41, 5.74) is 1.07. The number of aryl methyl sites for hydroxylation is 1. The van der Waals surface area contributed by atoms with E-state index in [9.17, 15) is 13.2 Å². The molecule has 0 saturated heterocycles. The Balaban J connectivity index is 2.21. The van der Waals surface area contributed by atoms with Gasteiger partial charge in [-0.25, -0.2) is 13.2 Å². The lowest BCUT2D eigenvalue weighted by atomic mass is 10.1. The van der Waals surface area contributed by atoms with Gasteiger partial charge in [0.2, 0.25) is 10.0 Å². The number of benzene rings is 1. The van der Waals surface area contributed by atoms with Crippen molar-refractivity contribution < 1.29 is 22.5 Å². The lowest BCUT2D eigenvalue weighted by Crippen LogP contribution is -2.35. The third kappa shape index (κ3) is 4.15. The van der Waals surface area contributed by atoms with E-state index in [1.54, 1.807) is 37.3 Å². The highest BCUT2D eigenvalue weighted by atomic mass is 32.2. The van der Waals surface area contributed by atoms with Gasteiger partial charge in [-0.1, -0.05) is 35.5 Å². The fraction of sp³-hybridized carbons (Fsp3) is 0.286. The van der Waals surface area contributed by atoms with Crippen molar-refractivity contribution in [3.05, 3.63) is 53.4 Å². The van der Waals surface area contributed by atoms with Gasteiger partial charge in [0, 0.05) is 6.07 Å². The van der Waals surface area contributed by atoms with Crippen LogP contribution >= 0.6 is 0 Å². The second-order valence-corrected chi connectivity index (χ2v) is 6.43. The predicted octanol–water partition coefficient (Wildman–Crippen LogP) is 1.32. The molecule has 1 aromatic heterocycles. The Bertz CT molecular complexity index is 740. The van der Waals surface area contributed by atoms with E-state index in [0.29, 0.717) is 11.3 Å². The van der Waals surface area contributed by atoms with Gasteiger partial charge in [-0.05, 0) is 12.5 Å². The molecule has 0 aliphatic carbocycles. The van der Waals surface area contributed by atoms with Gasteiger partial charge in [-0.3, -0.25) is 0 Å². The van der Waals surface area contributed by atoms with Crippen LogP contribution in [-0.4, -0.2) is 26.7 Å². The van der Waals surface area contributed by atoms with Gasteiger partial charge in [0.25, 0.3) is 0 Å².